The van der Waals surface area contributed by atoms with Crippen LogP contribution < -0.4 is 0 Å². The lowest BCUT2D eigenvalue weighted by molar-refractivity contribution is 0.0545. The quantitative estimate of drug-likeness (QED) is 0.574. The Morgan fingerprint density at radius 2 is 1.95 bits per heavy atom. The van der Waals surface area contributed by atoms with Crippen molar-refractivity contribution in [1.29, 1.82) is 0 Å². The molecular formula is C15H13ClN2O3S. The summed E-state index contributed by atoms with van der Waals surface area (Å²) >= 11 is 10.7. The molecule has 0 aliphatic carbocycles. The molecule has 114 valence electrons. The fourth-order valence-corrected chi connectivity index (χ4v) is 2.42. The lowest BCUT2D eigenvalue weighted by Crippen LogP contribution is -2.27. The van der Waals surface area contributed by atoms with Crippen LogP contribution in [0.25, 0.3) is 10.9 Å². The number of isothiocyanates is 1. The molecule has 1 aromatic carbocycles. The van der Waals surface area contributed by atoms with E-state index in [2.05, 4.69) is 17.2 Å². The fourth-order valence-electron chi connectivity index (χ4n) is 2.00. The molecule has 2 rings (SSSR count). The molecule has 0 spiro atoms. The van der Waals surface area contributed by atoms with Crippen molar-refractivity contribution in [2.45, 2.75) is 26.4 Å². The molecule has 0 N–H and O–H groups in total. The zero-order valence-electron chi connectivity index (χ0n) is 12.2. The third-order valence-electron chi connectivity index (χ3n) is 2.75. The second-order valence-corrected chi connectivity index (χ2v) is 6.05. The molecule has 1 amide bonds. The monoisotopic (exact) mass is 336 g/mol. The van der Waals surface area contributed by atoms with E-state index in [1.54, 1.807) is 45.0 Å². The number of hydrogen-bond donors (Lipinski definition) is 0. The third-order valence-corrected chi connectivity index (χ3v) is 3.20. The number of aromatic nitrogens is 1. The van der Waals surface area contributed by atoms with Crippen LogP contribution in [0.3, 0.4) is 0 Å². The first-order valence-corrected chi connectivity index (χ1v) is 7.19. The molecule has 0 aliphatic rings. The van der Waals surface area contributed by atoms with Crippen LogP contribution in [-0.2, 0) is 4.74 Å². The normalized spacial score (nSPS) is 11.1. The topological polar surface area (TPSA) is 60.7 Å². The summed E-state index contributed by atoms with van der Waals surface area (Å²) in [5.74, 6) is -0.654. The molecule has 2 aromatic rings. The highest BCUT2D eigenvalue weighted by atomic mass is 35.5. The Labute approximate surface area is 137 Å². The molecular weight excluding hydrogens is 324 g/mol. The van der Waals surface area contributed by atoms with Crippen molar-refractivity contribution in [3.05, 3.63) is 35.0 Å². The molecule has 0 bridgehead atoms. The molecule has 22 heavy (non-hydrogen) atoms. The summed E-state index contributed by atoms with van der Waals surface area (Å²) in [7, 11) is 0. The van der Waals surface area contributed by atoms with Gasteiger partial charge in [-0.3, -0.25) is 4.79 Å². The predicted octanol–water partition coefficient (Wildman–Crippen LogP) is 4.32. The smallest absolute Gasteiger partial charge is 0.420 e. The van der Waals surface area contributed by atoms with Gasteiger partial charge in [-0.15, -0.1) is 0 Å². The van der Waals surface area contributed by atoms with Crippen LogP contribution in [-0.4, -0.2) is 27.3 Å². The van der Waals surface area contributed by atoms with Gasteiger partial charge in [-0.05, 0) is 39.1 Å². The molecule has 0 saturated carbocycles. The number of rotatable bonds is 1. The average Bonchev–Trinajstić information content (AvgIpc) is 2.69. The SMILES string of the molecule is CC(C)(C)OC(=O)n1c(Cl)c(C(=O)N=C=S)c2ccccc21. The Morgan fingerprint density at radius 1 is 1.32 bits per heavy atom. The zero-order chi connectivity index (χ0) is 16.5. The maximum Gasteiger partial charge on any atom is 0.420 e. The number of nitrogens with zero attached hydrogens (tertiary/aromatic N) is 2. The van der Waals surface area contributed by atoms with Crippen molar-refractivity contribution < 1.29 is 14.3 Å². The molecule has 1 heterocycles. The van der Waals surface area contributed by atoms with Gasteiger partial charge in [0, 0.05) is 5.39 Å². The van der Waals surface area contributed by atoms with Gasteiger partial charge in [0.1, 0.15) is 10.8 Å². The first-order chi connectivity index (χ1) is 10.3. The summed E-state index contributed by atoms with van der Waals surface area (Å²) in [5.41, 5.74) is -0.132. The minimum atomic E-state index is -0.692. The van der Waals surface area contributed by atoms with Crippen molar-refractivity contribution >= 4 is 51.9 Å². The molecule has 0 saturated heterocycles. The average molecular weight is 337 g/mol. The summed E-state index contributed by atoms with van der Waals surface area (Å²) in [6.07, 6.45) is -0.668. The lowest BCUT2D eigenvalue weighted by atomic mass is 10.2. The third kappa shape index (κ3) is 3.09. The van der Waals surface area contributed by atoms with E-state index in [9.17, 15) is 9.59 Å². The van der Waals surface area contributed by atoms with E-state index >= 15 is 0 Å². The number of amides is 1. The van der Waals surface area contributed by atoms with Gasteiger partial charge in [0.15, 0.2) is 0 Å². The Kier molecular flexibility index (Phi) is 4.47. The van der Waals surface area contributed by atoms with E-state index in [1.807, 2.05) is 5.16 Å². The van der Waals surface area contributed by atoms with Crippen molar-refractivity contribution in [3.8, 4) is 0 Å². The molecule has 0 atom stereocenters. The van der Waals surface area contributed by atoms with Crippen molar-refractivity contribution in [2.75, 3.05) is 0 Å². The highest BCUT2D eigenvalue weighted by Crippen LogP contribution is 2.31. The first-order valence-electron chi connectivity index (χ1n) is 6.40. The van der Waals surface area contributed by atoms with E-state index < -0.39 is 17.6 Å². The van der Waals surface area contributed by atoms with Gasteiger partial charge in [0.25, 0.3) is 5.91 Å². The van der Waals surface area contributed by atoms with Gasteiger partial charge >= 0.3 is 6.09 Å². The fraction of sp³-hybridized carbons (Fsp3) is 0.267. The van der Waals surface area contributed by atoms with Crippen LogP contribution in [0.2, 0.25) is 5.15 Å². The Balaban J connectivity index is 2.70. The number of para-hydroxylation sites is 1. The number of hydrogen-bond acceptors (Lipinski definition) is 4. The number of carbonyl (C=O) groups is 2. The van der Waals surface area contributed by atoms with Gasteiger partial charge in [-0.25, -0.2) is 9.36 Å². The minimum absolute atomic E-state index is 0.0607. The van der Waals surface area contributed by atoms with Crippen LogP contribution in [0.15, 0.2) is 29.3 Å². The number of carbonyl (C=O) groups excluding carboxylic acids is 2. The highest BCUT2D eigenvalue weighted by molar-refractivity contribution is 7.78. The van der Waals surface area contributed by atoms with E-state index in [0.29, 0.717) is 10.9 Å². The lowest BCUT2D eigenvalue weighted by Gasteiger charge is -2.20. The largest absolute Gasteiger partial charge is 0.443 e. The first kappa shape index (κ1) is 16.4. The molecule has 0 radical (unpaired) electrons. The second kappa shape index (κ2) is 6.01. The van der Waals surface area contributed by atoms with Crippen LogP contribution in [0.4, 0.5) is 4.79 Å². The highest BCUT2D eigenvalue weighted by Gasteiger charge is 2.27. The summed E-state index contributed by atoms with van der Waals surface area (Å²) < 4.78 is 6.47. The Bertz CT molecular complexity index is 814. The molecule has 0 aliphatic heterocycles. The van der Waals surface area contributed by atoms with Gasteiger partial charge in [0.2, 0.25) is 0 Å². The van der Waals surface area contributed by atoms with Crippen molar-refractivity contribution in [3.63, 3.8) is 0 Å². The molecule has 1 aromatic heterocycles. The number of halogens is 1. The number of fused-ring (bicyclic) bond motifs is 1. The summed E-state index contributed by atoms with van der Waals surface area (Å²) in [6, 6.07) is 6.81. The minimum Gasteiger partial charge on any atom is -0.443 e. The van der Waals surface area contributed by atoms with Crippen molar-refractivity contribution in [2.24, 2.45) is 4.99 Å². The number of ether oxygens (including phenoxy) is 1. The maximum atomic E-state index is 12.4. The van der Waals surface area contributed by atoms with E-state index in [1.165, 1.54) is 0 Å². The van der Waals surface area contributed by atoms with E-state index in [-0.39, 0.29) is 10.7 Å². The number of aliphatic imine (C=N–C) groups is 1. The Hall–Kier alpha value is -2.01. The molecule has 5 nitrogen and oxygen atoms in total. The maximum absolute atomic E-state index is 12.4. The van der Waals surface area contributed by atoms with Crippen LogP contribution in [0, 0.1) is 0 Å². The standard InChI is InChI=1S/C15H13ClN2O3S/c1-15(2,3)21-14(20)18-10-7-5-4-6-9(10)11(12(18)16)13(19)17-8-22/h4-7H,1-3H3. The summed E-state index contributed by atoms with van der Waals surface area (Å²) in [5, 5.41) is 2.45. The molecule has 0 unspecified atom stereocenters. The van der Waals surface area contributed by atoms with Crippen LogP contribution in [0.1, 0.15) is 31.1 Å². The zero-order valence-corrected chi connectivity index (χ0v) is 13.8. The second-order valence-electron chi connectivity index (χ2n) is 5.51. The molecule has 0 fully saturated rings. The van der Waals surface area contributed by atoms with E-state index in [0.717, 1.165) is 4.57 Å². The summed E-state index contributed by atoms with van der Waals surface area (Å²) in [6.45, 7) is 5.23. The number of benzene rings is 1. The van der Waals surface area contributed by atoms with E-state index in [4.69, 9.17) is 16.3 Å². The van der Waals surface area contributed by atoms with Gasteiger partial charge < -0.3 is 4.74 Å². The van der Waals surface area contributed by atoms with Gasteiger partial charge in [-0.1, -0.05) is 29.8 Å². The van der Waals surface area contributed by atoms with Gasteiger partial charge in [-0.2, -0.15) is 4.99 Å². The van der Waals surface area contributed by atoms with Crippen molar-refractivity contribution in [1.82, 2.24) is 4.57 Å². The number of thiocarbonyl (C=S) groups is 1. The van der Waals surface area contributed by atoms with Crippen LogP contribution in [0.5, 0.6) is 0 Å². The molecule has 7 heteroatoms. The Morgan fingerprint density at radius 3 is 2.55 bits per heavy atom. The summed E-state index contributed by atoms with van der Waals surface area (Å²) in [4.78, 5) is 27.9. The van der Waals surface area contributed by atoms with Gasteiger partial charge in [0.05, 0.1) is 16.2 Å². The van der Waals surface area contributed by atoms with Crippen LogP contribution >= 0.6 is 23.8 Å². The predicted molar refractivity (Wildman–Crippen MR) is 87.9 cm³/mol.